The van der Waals surface area contributed by atoms with E-state index >= 15 is 0 Å². The summed E-state index contributed by atoms with van der Waals surface area (Å²) in [5.41, 5.74) is 3.28. The average Bonchev–Trinajstić information content (AvgIpc) is 2.22. The van der Waals surface area contributed by atoms with Gasteiger partial charge in [0.1, 0.15) is 0 Å². The minimum absolute atomic E-state index is 1.01. The quantitative estimate of drug-likeness (QED) is 0.679. The van der Waals surface area contributed by atoms with Crippen LogP contribution in [0.3, 0.4) is 0 Å². The van der Waals surface area contributed by atoms with E-state index in [4.69, 9.17) is 5.41 Å². The van der Waals surface area contributed by atoms with Crippen LogP contribution in [0.4, 0.5) is 0 Å². The zero-order valence-electron chi connectivity index (χ0n) is 9.46. The highest BCUT2D eigenvalue weighted by Gasteiger charge is 1.97. The molecule has 1 aromatic carbocycles. The predicted octanol–water partition coefficient (Wildman–Crippen LogP) is 4.05. The SMILES string of the molecule is C/C=C\c1cccc(C)c1C=N.CC. The van der Waals surface area contributed by atoms with E-state index in [0.717, 1.165) is 16.7 Å². The second kappa shape index (κ2) is 7.07. The third-order valence-electron chi connectivity index (χ3n) is 1.85. The van der Waals surface area contributed by atoms with Crippen LogP contribution in [0.1, 0.15) is 37.5 Å². The summed E-state index contributed by atoms with van der Waals surface area (Å²) in [5, 5.41) is 7.24. The van der Waals surface area contributed by atoms with E-state index in [2.05, 4.69) is 0 Å². The third-order valence-corrected chi connectivity index (χ3v) is 1.85. The van der Waals surface area contributed by atoms with E-state index in [1.54, 1.807) is 0 Å². The van der Waals surface area contributed by atoms with Crippen LogP contribution in [-0.2, 0) is 0 Å². The molecule has 0 fully saturated rings. The molecule has 0 heterocycles. The van der Waals surface area contributed by atoms with Gasteiger partial charge in [-0.1, -0.05) is 44.2 Å². The topological polar surface area (TPSA) is 23.9 Å². The maximum atomic E-state index is 7.24. The smallest absolute Gasteiger partial charge is 0.0259 e. The number of allylic oxidation sites excluding steroid dienone is 1. The van der Waals surface area contributed by atoms with Crippen LogP contribution >= 0.6 is 0 Å². The Labute approximate surface area is 87.0 Å². The van der Waals surface area contributed by atoms with E-state index in [1.807, 2.05) is 58.0 Å². The van der Waals surface area contributed by atoms with Gasteiger partial charge in [0.25, 0.3) is 0 Å². The van der Waals surface area contributed by atoms with Crippen LogP contribution < -0.4 is 0 Å². The Balaban J connectivity index is 0.000000791. The van der Waals surface area contributed by atoms with Crippen molar-refractivity contribution in [1.82, 2.24) is 0 Å². The largest absolute Gasteiger partial charge is 0.308 e. The van der Waals surface area contributed by atoms with Crippen LogP contribution in [0.15, 0.2) is 24.3 Å². The van der Waals surface area contributed by atoms with Crippen LogP contribution in [0.25, 0.3) is 6.08 Å². The van der Waals surface area contributed by atoms with Gasteiger partial charge in [-0.15, -0.1) is 0 Å². The molecule has 1 heteroatoms. The highest BCUT2D eigenvalue weighted by atomic mass is 14.3. The Hall–Kier alpha value is -1.37. The molecular formula is C13H19N. The summed E-state index contributed by atoms with van der Waals surface area (Å²) in [7, 11) is 0. The van der Waals surface area contributed by atoms with Crippen molar-refractivity contribution in [3.63, 3.8) is 0 Å². The Morgan fingerprint density at radius 2 is 1.86 bits per heavy atom. The second-order valence-corrected chi connectivity index (χ2v) is 2.72. The van der Waals surface area contributed by atoms with Gasteiger partial charge in [-0.05, 0) is 25.0 Å². The van der Waals surface area contributed by atoms with Crippen molar-refractivity contribution in [3.8, 4) is 0 Å². The van der Waals surface area contributed by atoms with Gasteiger partial charge >= 0.3 is 0 Å². The number of nitrogens with one attached hydrogen (secondary N) is 1. The van der Waals surface area contributed by atoms with Gasteiger partial charge < -0.3 is 5.41 Å². The Kier molecular flexibility index (Phi) is 6.38. The molecule has 0 saturated heterocycles. The zero-order chi connectivity index (χ0) is 11.0. The molecule has 1 aromatic rings. The first-order valence-corrected chi connectivity index (χ1v) is 5.02. The number of aryl methyl sites for hydroxylation is 1. The molecule has 0 aliphatic rings. The van der Waals surface area contributed by atoms with Gasteiger partial charge in [0, 0.05) is 11.8 Å². The van der Waals surface area contributed by atoms with E-state index in [-0.39, 0.29) is 0 Å². The summed E-state index contributed by atoms with van der Waals surface area (Å²) in [6, 6.07) is 6.05. The maximum Gasteiger partial charge on any atom is 0.0259 e. The molecule has 0 aromatic heterocycles. The molecule has 1 rings (SSSR count). The van der Waals surface area contributed by atoms with E-state index < -0.39 is 0 Å². The first-order valence-electron chi connectivity index (χ1n) is 5.02. The molecule has 76 valence electrons. The second-order valence-electron chi connectivity index (χ2n) is 2.72. The molecule has 0 radical (unpaired) electrons. The summed E-state index contributed by atoms with van der Waals surface area (Å²) >= 11 is 0. The van der Waals surface area contributed by atoms with Gasteiger partial charge in [-0.3, -0.25) is 0 Å². The average molecular weight is 189 g/mol. The van der Waals surface area contributed by atoms with Crippen molar-refractivity contribution in [2.45, 2.75) is 27.7 Å². The monoisotopic (exact) mass is 189 g/mol. The number of hydrogen-bond acceptors (Lipinski definition) is 1. The van der Waals surface area contributed by atoms with E-state index in [1.165, 1.54) is 6.21 Å². The van der Waals surface area contributed by atoms with Gasteiger partial charge in [0.15, 0.2) is 0 Å². The molecule has 0 spiro atoms. The number of rotatable bonds is 2. The van der Waals surface area contributed by atoms with E-state index in [0.29, 0.717) is 0 Å². The van der Waals surface area contributed by atoms with Gasteiger partial charge in [0.05, 0.1) is 0 Å². The van der Waals surface area contributed by atoms with Crippen molar-refractivity contribution >= 4 is 12.3 Å². The third kappa shape index (κ3) is 3.17. The lowest BCUT2D eigenvalue weighted by atomic mass is 10.0. The standard InChI is InChI=1S/C11H13N.C2H6/c1-3-5-10-7-4-6-9(2)11(10)8-12;1-2/h3-8,12H,1-2H3;1-2H3/b5-3-,12-8?;. The lowest BCUT2D eigenvalue weighted by Crippen LogP contribution is -1.89. The predicted molar refractivity (Wildman–Crippen MR) is 65.1 cm³/mol. The zero-order valence-corrected chi connectivity index (χ0v) is 9.46. The summed E-state index contributed by atoms with van der Waals surface area (Å²) in [6.45, 7) is 8.00. The molecule has 1 N–H and O–H groups in total. The number of hydrogen-bond donors (Lipinski definition) is 1. The fourth-order valence-electron chi connectivity index (χ4n) is 1.23. The lowest BCUT2D eigenvalue weighted by molar-refractivity contribution is 1.41. The summed E-state index contributed by atoms with van der Waals surface area (Å²) in [4.78, 5) is 0. The highest BCUT2D eigenvalue weighted by Crippen LogP contribution is 2.13. The lowest BCUT2D eigenvalue weighted by Gasteiger charge is -2.02. The molecular weight excluding hydrogens is 170 g/mol. The Bertz CT molecular complexity index is 311. The van der Waals surface area contributed by atoms with Crippen LogP contribution in [0.2, 0.25) is 0 Å². The first kappa shape index (κ1) is 12.6. The molecule has 1 nitrogen and oxygen atoms in total. The van der Waals surface area contributed by atoms with Gasteiger partial charge in [-0.25, -0.2) is 0 Å². The highest BCUT2D eigenvalue weighted by molar-refractivity contribution is 5.85. The molecule has 0 bridgehead atoms. The van der Waals surface area contributed by atoms with Crippen LogP contribution in [-0.4, -0.2) is 6.21 Å². The normalized spacial score (nSPS) is 9.43. The minimum Gasteiger partial charge on any atom is -0.308 e. The summed E-state index contributed by atoms with van der Waals surface area (Å²) in [5.74, 6) is 0. The molecule has 0 saturated carbocycles. The van der Waals surface area contributed by atoms with Crippen molar-refractivity contribution in [2.75, 3.05) is 0 Å². The fraction of sp³-hybridized carbons (Fsp3) is 0.308. The molecule has 0 atom stereocenters. The molecule has 0 unspecified atom stereocenters. The minimum atomic E-state index is 1.01. The van der Waals surface area contributed by atoms with Gasteiger partial charge in [-0.2, -0.15) is 0 Å². The summed E-state index contributed by atoms with van der Waals surface area (Å²) in [6.07, 6.45) is 5.42. The molecule has 14 heavy (non-hydrogen) atoms. The first-order chi connectivity index (χ1) is 6.79. The molecule has 0 aliphatic heterocycles. The van der Waals surface area contributed by atoms with Crippen molar-refractivity contribution in [3.05, 3.63) is 41.0 Å². The molecule has 0 amide bonds. The van der Waals surface area contributed by atoms with Gasteiger partial charge in [0.2, 0.25) is 0 Å². The van der Waals surface area contributed by atoms with Crippen LogP contribution in [0.5, 0.6) is 0 Å². The summed E-state index contributed by atoms with van der Waals surface area (Å²) < 4.78 is 0. The Morgan fingerprint density at radius 3 is 2.36 bits per heavy atom. The maximum absolute atomic E-state index is 7.24. The fourth-order valence-corrected chi connectivity index (χ4v) is 1.23. The van der Waals surface area contributed by atoms with Crippen molar-refractivity contribution < 1.29 is 0 Å². The van der Waals surface area contributed by atoms with E-state index in [9.17, 15) is 0 Å². The Morgan fingerprint density at radius 1 is 1.21 bits per heavy atom. The van der Waals surface area contributed by atoms with Crippen molar-refractivity contribution in [2.24, 2.45) is 0 Å². The van der Waals surface area contributed by atoms with Crippen molar-refractivity contribution in [1.29, 1.82) is 5.41 Å². The number of benzene rings is 1. The molecule has 0 aliphatic carbocycles. The van der Waals surface area contributed by atoms with Crippen LogP contribution in [0, 0.1) is 12.3 Å².